The molecule has 136 valence electrons. The van der Waals surface area contributed by atoms with Crippen LogP contribution in [0.1, 0.15) is 0 Å². The third kappa shape index (κ3) is 3.91. The number of ether oxygens (including phenoxy) is 1. The van der Waals surface area contributed by atoms with Gasteiger partial charge in [0.15, 0.2) is 0 Å². The van der Waals surface area contributed by atoms with Crippen LogP contribution in [0.3, 0.4) is 0 Å². The number of thioether (sulfide) groups is 1. The van der Waals surface area contributed by atoms with Gasteiger partial charge in [-0.05, 0) is 36.4 Å². The van der Waals surface area contributed by atoms with Gasteiger partial charge in [-0.1, -0.05) is 17.8 Å². The second-order valence-electron chi connectivity index (χ2n) is 5.38. The molecule has 0 unspecified atom stereocenters. The van der Waals surface area contributed by atoms with E-state index >= 15 is 0 Å². The molecule has 0 spiro atoms. The van der Waals surface area contributed by atoms with E-state index in [2.05, 4.69) is 24.3 Å². The summed E-state index contributed by atoms with van der Waals surface area (Å²) >= 11 is 2.28. The maximum absolute atomic E-state index is 12.2. The molecule has 4 aromatic rings. The molecule has 2 aromatic carbocycles. The van der Waals surface area contributed by atoms with Gasteiger partial charge in [-0.25, -0.2) is 0 Å². The number of carbonyl (C=O) groups is 1. The van der Waals surface area contributed by atoms with Gasteiger partial charge in [0.05, 0.1) is 30.3 Å². The van der Waals surface area contributed by atoms with Crippen molar-refractivity contribution in [1.82, 2.24) is 18.9 Å². The van der Waals surface area contributed by atoms with Crippen LogP contribution in [0.4, 0.5) is 5.69 Å². The molecule has 10 heteroatoms. The van der Waals surface area contributed by atoms with Crippen molar-refractivity contribution in [3.8, 4) is 17.2 Å². The van der Waals surface area contributed by atoms with E-state index in [1.54, 1.807) is 13.2 Å². The molecule has 2 aromatic heterocycles. The maximum atomic E-state index is 12.2. The van der Waals surface area contributed by atoms with Crippen molar-refractivity contribution in [3.05, 3.63) is 42.5 Å². The molecule has 27 heavy (non-hydrogen) atoms. The summed E-state index contributed by atoms with van der Waals surface area (Å²) < 4.78 is 19.1. The first-order chi connectivity index (χ1) is 13.2. The van der Waals surface area contributed by atoms with Crippen LogP contribution in [-0.2, 0) is 4.79 Å². The van der Waals surface area contributed by atoms with Crippen molar-refractivity contribution < 1.29 is 13.9 Å². The summed E-state index contributed by atoms with van der Waals surface area (Å²) in [7, 11) is 1.60. The second kappa shape index (κ2) is 7.72. The Kier molecular flexibility index (Phi) is 4.99. The van der Waals surface area contributed by atoms with Crippen LogP contribution < -0.4 is 10.1 Å². The Balaban J connectivity index is 1.38. The Bertz CT molecular complexity index is 1080. The fraction of sp³-hybridized carbons (Fsp3) is 0.118. The molecule has 1 N–H and O–H groups in total. The predicted molar refractivity (Wildman–Crippen MR) is 103 cm³/mol. The van der Waals surface area contributed by atoms with E-state index in [4.69, 9.17) is 9.15 Å². The molecule has 0 bridgehead atoms. The minimum Gasteiger partial charge on any atom is -0.497 e. The van der Waals surface area contributed by atoms with Crippen molar-refractivity contribution in [2.24, 2.45) is 0 Å². The summed E-state index contributed by atoms with van der Waals surface area (Å²) in [6.45, 7) is 0. The normalized spacial score (nSPS) is 10.9. The number of amides is 1. The number of hydrogen-bond donors (Lipinski definition) is 1. The quantitative estimate of drug-likeness (QED) is 0.492. The van der Waals surface area contributed by atoms with E-state index in [0.717, 1.165) is 28.6 Å². The summed E-state index contributed by atoms with van der Waals surface area (Å²) in [4.78, 5) is 12.2. The molecule has 0 aliphatic carbocycles. The van der Waals surface area contributed by atoms with Crippen LogP contribution >= 0.6 is 23.5 Å². The monoisotopic (exact) mass is 399 g/mol. The van der Waals surface area contributed by atoms with Gasteiger partial charge in [0, 0.05) is 5.56 Å². The smallest absolute Gasteiger partial charge is 0.277 e. The SMILES string of the molecule is COc1ccc(-c2nnc(SCC(=O)Nc3cccc4nsnc34)o2)cc1. The molecule has 8 nitrogen and oxygen atoms in total. The summed E-state index contributed by atoms with van der Waals surface area (Å²) in [5.74, 6) is 1.08. The highest BCUT2D eigenvalue weighted by Crippen LogP contribution is 2.25. The topological polar surface area (TPSA) is 103 Å². The third-order valence-corrected chi connectivity index (χ3v) is 4.99. The number of hydrogen-bond acceptors (Lipinski definition) is 9. The summed E-state index contributed by atoms with van der Waals surface area (Å²) in [6.07, 6.45) is 0. The first kappa shape index (κ1) is 17.4. The Morgan fingerprint density at radius 3 is 2.85 bits per heavy atom. The van der Waals surface area contributed by atoms with Gasteiger partial charge in [-0.15, -0.1) is 10.2 Å². The minimum atomic E-state index is -0.190. The number of nitrogens with zero attached hydrogens (tertiary/aromatic N) is 4. The molecule has 0 radical (unpaired) electrons. The van der Waals surface area contributed by atoms with Gasteiger partial charge in [0.25, 0.3) is 5.22 Å². The number of aromatic nitrogens is 4. The Morgan fingerprint density at radius 2 is 2.04 bits per heavy atom. The van der Waals surface area contributed by atoms with Crippen LogP contribution in [0.2, 0.25) is 0 Å². The zero-order valence-corrected chi connectivity index (χ0v) is 15.7. The average molecular weight is 399 g/mol. The molecule has 0 aliphatic rings. The van der Waals surface area contributed by atoms with Gasteiger partial charge in [-0.3, -0.25) is 4.79 Å². The van der Waals surface area contributed by atoms with E-state index in [0.29, 0.717) is 22.3 Å². The largest absolute Gasteiger partial charge is 0.497 e. The van der Waals surface area contributed by atoms with Crippen molar-refractivity contribution >= 4 is 46.1 Å². The van der Waals surface area contributed by atoms with Gasteiger partial charge in [-0.2, -0.15) is 8.75 Å². The maximum Gasteiger partial charge on any atom is 0.277 e. The molecule has 4 rings (SSSR count). The molecule has 0 saturated carbocycles. The van der Waals surface area contributed by atoms with Crippen LogP contribution in [0.5, 0.6) is 5.75 Å². The number of rotatable bonds is 6. The lowest BCUT2D eigenvalue weighted by atomic mass is 10.2. The number of carbonyl (C=O) groups excluding carboxylic acids is 1. The Hall–Kier alpha value is -2.98. The van der Waals surface area contributed by atoms with E-state index < -0.39 is 0 Å². The highest BCUT2D eigenvalue weighted by atomic mass is 32.2. The van der Waals surface area contributed by atoms with Gasteiger partial charge in [0.2, 0.25) is 11.8 Å². The predicted octanol–water partition coefficient (Wildman–Crippen LogP) is 3.48. The number of benzene rings is 2. The fourth-order valence-electron chi connectivity index (χ4n) is 2.34. The lowest BCUT2D eigenvalue weighted by Gasteiger charge is -2.04. The molecule has 1 amide bonds. The number of anilines is 1. The molecule has 0 saturated heterocycles. The van der Waals surface area contributed by atoms with Crippen molar-refractivity contribution in [1.29, 1.82) is 0 Å². The minimum absolute atomic E-state index is 0.137. The molecular weight excluding hydrogens is 386 g/mol. The van der Waals surface area contributed by atoms with Gasteiger partial charge in [0.1, 0.15) is 16.8 Å². The van der Waals surface area contributed by atoms with Crippen LogP contribution in [0, 0.1) is 0 Å². The van der Waals surface area contributed by atoms with E-state index in [1.165, 1.54) is 11.8 Å². The highest BCUT2D eigenvalue weighted by Gasteiger charge is 2.13. The number of nitrogens with one attached hydrogen (secondary N) is 1. The molecule has 0 aliphatic heterocycles. The molecule has 0 fully saturated rings. The Morgan fingerprint density at radius 1 is 1.19 bits per heavy atom. The lowest BCUT2D eigenvalue weighted by Crippen LogP contribution is -2.14. The van der Waals surface area contributed by atoms with Crippen LogP contribution in [0.15, 0.2) is 52.1 Å². The van der Waals surface area contributed by atoms with E-state index in [9.17, 15) is 4.79 Å². The molecular formula is C17H13N5O3S2. The Labute approximate surface area is 162 Å². The zero-order chi connectivity index (χ0) is 18.6. The lowest BCUT2D eigenvalue weighted by molar-refractivity contribution is -0.113. The van der Waals surface area contributed by atoms with Gasteiger partial charge < -0.3 is 14.5 Å². The van der Waals surface area contributed by atoms with Crippen molar-refractivity contribution in [2.45, 2.75) is 5.22 Å². The third-order valence-electron chi connectivity index (χ3n) is 3.63. The van der Waals surface area contributed by atoms with Crippen LogP contribution in [-0.4, -0.2) is 37.7 Å². The number of methoxy groups -OCH3 is 1. The first-order valence-electron chi connectivity index (χ1n) is 7.85. The standard InChI is InChI=1S/C17H13N5O3S2/c1-24-11-7-5-10(6-8-11)16-19-20-17(25-16)26-9-14(23)18-12-3-2-4-13-15(12)22-27-21-13/h2-8H,9H2,1H3,(H,18,23). The summed E-state index contributed by atoms with van der Waals surface area (Å²) in [5.41, 5.74) is 2.85. The summed E-state index contributed by atoms with van der Waals surface area (Å²) in [6, 6.07) is 12.8. The van der Waals surface area contributed by atoms with E-state index in [1.807, 2.05) is 36.4 Å². The highest BCUT2D eigenvalue weighted by molar-refractivity contribution is 7.99. The first-order valence-corrected chi connectivity index (χ1v) is 9.56. The summed E-state index contributed by atoms with van der Waals surface area (Å²) in [5, 5.41) is 11.1. The van der Waals surface area contributed by atoms with E-state index in [-0.39, 0.29) is 11.7 Å². The van der Waals surface area contributed by atoms with Gasteiger partial charge >= 0.3 is 0 Å². The average Bonchev–Trinajstić information content (AvgIpc) is 3.36. The molecule has 0 atom stereocenters. The number of fused-ring (bicyclic) bond motifs is 1. The second-order valence-corrected chi connectivity index (χ2v) is 6.83. The zero-order valence-electron chi connectivity index (χ0n) is 14.1. The van der Waals surface area contributed by atoms with Crippen LogP contribution in [0.25, 0.3) is 22.5 Å². The van der Waals surface area contributed by atoms with Crippen molar-refractivity contribution in [3.63, 3.8) is 0 Å². The fourth-order valence-corrected chi connectivity index (χ4v) is 3.45. The molecule has 2 heterocycles. The van der Waals surface area contributed by atoms with Crippen molar-refractivity contribution in [2.75, 3.05) is 18.2 Å².